The van der Waals surface area contributed by atoms with E-state index < -0.39 is 31.5 Å². The highest BCUT2D eigenvalue weighted by Gasteiger charge is 2.47. The van der Waals surface area contributed by atoms with E-state index in [1.54, 1.807) is 9.80 Å². The zero-order valence-electron chi connectivity index (χ0n) is 22.4. The van der Waals surface area contributed by atoms with Gasteiger partial charge in [0, 0.05) is 47.7 Å². The number of nitrogens with zero attached hydrogens (tertiary/aromatic N) is 3. The minimum absolute atomic E-state index is 0.0911. The van der Waals surface area contributed by atoms with E-state index in [4.69, 9.17) is 9.79 Å². The summed E-state index contributed by atoms with van der Waals surface area (Å²) in [6.07, 6.45) is 5.93. The Balaban J connectivity index is 1.14. The number of hydrogen-bond donors (Lipinski definition) is 3. The summed E-state index contributed by atoms with van der Waals surface area (Å²) < 4.78 is 40.3. The molecule has 3 saturated heterocycles. The van der Waals surface area contributed by atoms with Crippen LogP contribution in [0.15, 0.2) is 42.7 Å². The third-order valence-electron chi connectivity index (χ3n) is 8.44. The molecule has 0 bridgehead atoms. The second kappa shape index (κ2) is 11.1. The number of alkyl halides is 1. The van der Waals surface area contributed by atoms with Gasteiger partial charge in [0.1, 0.15) is 17.9 Å². The number of fused-ring (bicyclic) bond motifs is 2. The second-order valence-electron chi connectivity index (χ2n) is 11.1. The van der Waals surface area contributed by atoms with E-state index in [0.29, 0.717) is 54.4 Å². The van der Waals surface area contributed by atoms with Gasteiger partial charge in [-0.1, -0.05) is 6.07 Å². The first-order valence-corrected chi connectivity index (χ1v) is 16.2. The SMILES string of the molecule is O=C(N[C@H]1CCC[C@H]2CC[C@@H](C(=O)N3CC(c4cnccc4F)C3)N2C1=O)c1cc2cc([C@@H](F)P(=O)(O)O)ccc2s1. The topological polar surface area (TPSA) is 140 Å². The Morgan fingerprint density at radius 1 is 1.12 bits per heavy atom. The Morgan fingerprint density at radius 3 is 2.64 bits per heavy atom. The van der Waals surface area contributed by atoms with Crippen molar-refractivity contribution in [1.29, 1.82) is 0 Å². The van der Waals surface area contributed by atoms with Crippen molar-refractivity contribution in [3.05, 3.63) is 64.5 Å². The number of likely N-dealkylation sites (tertiary alicyclic amines) is 1. The van der Waals surface area contributed by atoms with Crippen LogP contribution in [0.5, 0.6) is 0 Å². The summed E-state index contributed by atoms with van der Waals surface area (Å²) in [6, 6.07) is 5.33. The van der Waals surface area contributed by atoms with Crippen molar-refractivity contribution in [3.63, 3.8) is 0 Å². The molecule has 0 radical (unpaired) electrons. The van der Waals surface area contributed by atoms with Gasteiger partial charge >= 0.3 is 7.60 Å². The molecule has 1 aromatic carbocycles. The highest BCUT2D eigenvalue weighted by atomic mass is 32.1. The van der Waals surface area contributed by atoms with Crippen LogP contribution >= 0.6 is 18.9 Å². The Bertz CT molecular complexity index is 1610. The molecule has 6 rings (SSSR count). The molecule has 3 N–H and O–H groups in total. The Hall–Kier alpha value is -3.25. The van der Waals surface area contributed by atoms with Crippen LogP contribution in [0, 0.1) is 5.82 Å². The molecule has 5 heterocycles. The molecule has 2 aromatic heterocycles. The van der Waals surface area contributed by atoms with Gasteiger partial charge in [-0.3, -0.25) is 23.9 Å². The number of benzene rings is 1. The first-order valence-electron chi connectivity index (χ1n) is 13.7. The van der Waals surface area contributed by atoms with E-state index >= 15 is 0 Å². The fourth-order valence-corrected chi connectivity index (χ4v) is 7.73. The maximum atomic E-state index is 14.2. The molecule has 10 nitrogen and oxygen atoms in total. The van der Waals surface area contributed by atoms with Gasteiger partial charge in [0.15, 0.2) is 0 Å². The molecule has 0 saturated carbocycles. The molecule has 222 valence electrons. The summed E-state index contributed by atoms with van der Waals surface area (Å²) >= 11 is 1.12. The Morgan fingerprint density at radius 2 is 1.90 bits per heavy atom. The first kappa shape index (κ1) is 28.9. The third-order valence-corrected chi connectivity index (χ3v) is 10.4. The molecular formula is C28H29F2N4O6PS. The van der Waals surface area contributed by atoms with Crippen LogP contribution < -0.4 is 5.32 Å². The summed E-state index contributed by atoms with van der Waals surface area (Å²) in [4.78, 5) is 66.3. The molecule has 42 heavy (non-hydrogen) atoms. The molecule has 3 fully saturated rings. The molecule has 0 unspecified atom stereocenters. The van der Waals surface area contributed by atoms with E-state index in [0.717, 1.165) is 17.8 Å². The fraction of sp³-hybridized carbons (Fsp3) is 0.429. The standard InChI is InChI=1S/C28H29F2N4O6PS/c29-20-8-9-31-12-19(20)17-13-33(14-17)28(37)22-6-5-18-2-1-3-21(27(36)34(18)22)32-26(35)24-11-16-10-15(4-7-23(16)42-24)25(30)41(38,39)40/h4,7-12,17-18,21-22,25H,1-3,5-6,13-14H2,(H,32,35)(H2,38,39,40)/t18-,21-,22-,25-/m0/s1. The summed E-state index contributed by atoms with van der Waals surface area (Å²) in [6.45, 7) is 0.714. The van der Waals surface area contributed by atoms with Gasteiger partial charge in [0.2, 0.25) is 17.7 Å². The Labute approximate surface area is 243 Å². The normalized spacial score (nSPS) is 23.8. The lowest BCUT2D eigenvalue weighted by Crippen LogP contribution is -2.58. The lowest BCUT2D eigenvalue weighted by atomic mass is 9.91. The van der Waals surface area contributed by atoms with Gasteiger partial charge in [-0.15, -0.1) is 11.3 Å². The number of nitrogens with one attached hydrogen (secondary N) is 1. The lowest BCUT2D eigenvalue weighted by molar-refractivity contribution is -0.148. The quantitative estimate of drug-likeness (QED) is 0.357. The van der Waals surface area contributed by atoms with E-state index in [1.165, 1.54) is 42.7 Å². The third kappa shape index (κ3) is 5.34. The number of hydrogen-bond acceptors (Lipinski definition) is 6. The Kier molecular flexibility index (Phi) is 7.63. The molecule has 14 heteroatoms. The monoisotopic (exact) mass is 618 g/mol. The van der Waals surface area contributed by atoms with Crippen LogP contribution in [0.2, 0.25) is 0 Å². The van der Waals surface area contributed by atoms with Crippen molar-refractivity contribution in [2.75, 3.05) is 13.1 Å². The molecule has 3 aromatic rings. The molecule has 0 spiro atoms. The summed E-state index contributed by atoms with van der Waals surface area (Å²) in [5.41, 5.74) is 0.289. The maximum Gasteiger partial charge on any atom is 0.363 e. The van der Waals surface area contributed by atoms with Crippen LogP contribution in [-0.2, 0) is 14.2 Å². The van der Waals surface area contributed by atoms with Crippen LogP contribution in [0.1, 0.15) is 64.7 Å². The summed E-state index contributed by atoms with van der Waals surface area (Å²) in [5, 5.41) is 3.27. The van der Waals surface area contributed by atoms with Gasteiger partial charge in [0.05, 0.1) is 4.88 Å². The number of halogens is 2. The van der Waals surface area contributed by atoms with E-state index in [2.05, 4.69) is 10.3 Å². The highest BCUT2D eigenvalue weighted by molar-refractivity contribution is 7.51. The minimum atomic E-state index is -4.98. The number of carbonyl (C=O) groups excluding carboxylic acids is 3. The van der Waals surface area contributed by atoms with Gasteiger partial charge < -0.3 is 24.9 Å². The molecule has 4 atom stereocenters. The van der Waals surface area contributed by atoms with E-state index in [-0.39, 0.29) is 40.0 Å². The predicted octanol–water partition coefficient (Wildman–Crippen LogP) is 3.85. The van der Waals surface area contributed by atoms with Gasteiger partial charge in [-0.2, -0.15) is 0 Å². The van der Waals surface area contributed by atoms with Crippen molar-refractivity contribution >= 4 is 46.7 Å². The predicted molar refractivity (Wildman–Crippen MR) is 150 cm³/mol. The molecule has 3 aliphatic heterocycles. The molecule has 3 aliphatic rings. The van der Waals surface area contributed by atoms with Crippen molar-refractivity contribution in [2.24, 2.45) is 0 Å². The van der Waals surface area contributed by atoms with Crippen molar-refractivity contribution < 1.29 is 37.5 Å². The average molecular weight is 619 g/mol. The smallest absolute Gasteiger partial charge is 0.340 e. The number of thiophene rings is 1. The van der Waals surface area contributed by atoms with Crippen molar-refractivity contribution in [3.8, 4) is 0 Å². The highest BCUT2D eigenvalue weighted by Crippen LogP contribution is 2.53. The van der Waals surface area contributed by atoms with Crippen LogP contribution in [0.4, 0.5) is 8.78 Å². The number of pyridine rings is 1. The maximum absolute atomic E-state index is 14.2. The van der Waals surface area contributed by atoms with Crippen LogP contribution in [0.3, 0.4) is 0 Å². The van der Waals surface area contributed by atoms with Crippen molar-refractivity contribution in [1.82, 2.24) is 20.1 Å². The van der Waals surface area contributed by atoms with Crippen LogP contribution in [-0.4, -0.2) is 73.5 Å². The first-order chi connectivity index (χ1) is 20.0. The van der Waals surface area contributed by atoms with E-state index in [9.17, 15) is 27.7 Å². The summed E-state index contributed by atoms with van der Waals surface area (Å²) in [7, 11) is -4.98. The number of aromatic nitrogens is 1. The van der Waals surface area contributed by atoms with Gasteiger partial charge in [-0.25, -0.2) is 8.78 Å². The zero-order chi connectivity index (χ0) is 29.8. The summed E-state index contributed by atoms with van der Waals surface area (Å²) in [5.74, 6) is -3.92. The van der Waals surface area contributed by atoms with E-state index in [1.807, 2.05) is 0 Å². The lowest BCUT2D eigenvalue weighted by Gasteiger charge is -2.42. The number of carbonyl (C=O) groups is 3. The minimum Gasteiger partial charge on any atom is -0.340 e. The fourth-order valence-electron chi connectivity index (χ4n) is 6.24. The second-order valence-corrected chi connectivity index (χ2v) is 13.8. The molecule has 0 aliphatic carbocycles. The molecule has 3 amide bonds. The number of amides is 3. The van der Waals surface area contributed by atoms with Gasteiger partial charge in [0.25, 0.3) is 5.91 Å². The van der Waals surface area contributed by atoms with Gasteiger partial charge in [-0.05, 0) is 67.3 Å². The average Bonchev–Trinajstić information content (AvgIpc) is 3.52. The largest absolute Gasteiger partial charge is 0.363 e. The molecular weight excluding hydrogens is 589 g/mol. The number of rotatable bonds is 6. The van der Waals surface area contributed by atoms with Crippen LogP contribution in [0.25, 0.3) is 10.1 Å². The zero-order valence-corrected chi connectivity index (χ0v) is 24.1. The van der Waals surface area contributed by atoms with Crippen molar-refractivity contribution in [2.45, 2.75) is 62.1 Å².